The zero-order chi connectivity index (χ0) is 13.5. The molecule has 3 heteroatoms. The Morgan fingerprint density at radius 1 is 1.22 bits per heavy atom. The van der Waals surface area contributed by atoms with Gasteiger partial charge in [0, 0.05) is 7.11 Å². The molecule has 18 heavy (non-hydrogen) atoms. The molecule has 0 amide bonds. The van der Waals surface area contributed by atoms with E-state index >= 15 is 0 Å². The lowest BCUT2D eigenvalue weighted by Gasteiger charge is -2.30. The van der Waals surface area contributed by atoms with E-state index in [1.807, 2.05) is 12.1 Å². The average Bonchev–Trinajstić information content (AvgIpc) is 2.35. The van der Waals surface area contributed by atoms with Gasteiger partial charge in [-0.15, -0.1) is 0 Å². The molecule has 0 aliphatic carbocycles. The van der Waals surface area contributed by atoms with E-state index in [1.54, 1.807) is 7.11 Å². The Kier molecular flexibility index (Phi) is 6.30. The summed E-state index contributed by atoms with van der Waals surface area (Å²) in [6.45, 7) is 7.33. The van der Waals surface area contributed by atoms with Crippen LogP contribution < -0.4 is 5.32 Å². The molecule has 1 aromatic rings. The lowest BCUT2D eigenvalue weighted by atomic mass is 9.93. The first-order valence-electron chi connectivity index (χ1n) is 6.61. The van der Waals surface area contributed by atoms with Crippen molar-refractivity contribution in [2.24, 2.45) is 5.92 Å². The smallest absolute Gasteiger partial charge is 0.123 e. The maximum Gasteiger partial charge on any atom is 0.123 e. The first-order chi connectivity index (χ1) is 8.60. The van der Waals surface area contributed by atoms with Gasteiger partial charge < -0.3 is 10.1 Å². The van der Waals surface area contributed by atoms with Gasteiger partial charge in [-0.3, -0.25) is 0 Å². The summed E-state index contributed by atoms with van der Waals surface area (Å²) in [7, 11) is 1.73. The number of nitrogens with one attached hydrogen (secondary N) is 1. The van der Waals surface area contributed by atoms with Crippen molar-refractivity contribution in [2.75, 3.05) is 13.7 Å². The Labute approximate surface area is 110 Å². The molecule has 102 valence electrons. The van der Waals surface area contributed by atoms with Gasteiger partial charge in [-0.25, -0.2) is 4.39 Å². The van der Waals surface area contributed by atoms with Crippen molar-refractivity contribution in [1.29, 1.82) is 0 Å². The number of rotatable bonds is 7. The van der Waals surface area contributed by atoms with Gasteiger partial charge in [0.25, 0.3) is 0 Å². The fourth-order valence-corrected chi connectivity index (χ4v) is 2.19. The third-order valence-electron chi connectivity index (χ3n) is 3.10. The first kappa shape index (κ1) is 15.1. The molecule has 2 atom stereocenters. The lowest BCUT2D eigenvalue weighted by molar-refractivity contribution is 0.0326. The van der Waals surface area contributed by atoms with Crippen molar-refractivity contribution in [1.82, 2.24) is 5.32 Å². The zero-order valence-electron chi connectivity index (χ0n) is 11.7. The van der Waals surface area contributed by atoms with Crippen LogP contribution in [-0.4, -0.2) is 19.8 Å². The van der Waals surface area contributed by atoms with Crippen LogP contribution in [0.3, 0.4) is 0 Å². The van der Waals surface area contributed by atoms with Crippen molar-refractivity contribution < 1.29 is 9.13 Å². The predicted molar refractivity (Wildman–Crippen MR) is 73.1 cm³/mol. The average molecular weight is 253 g/mol. The molecule has 1 aromatic carbocycles. The third kappa shape index (κ3) is 4.07. The summed E-state index contributed by atoms with van der Waals surface area (Å²) in [5.41, 5.74) is 1.07. The van der Waals surface area contributed by atoms with Crippen LogP contribution in [0.2, 0.25) is 0 Å². The fraction of sp³-hybridized carbons (Fsp3) is 0.600. The van der Waals surface area contributed by atoms with E-state index in [-0.39, 0.29) is 18.0 Å². The Morgan fingerprint density at radius 2 is 1.83 bits per heavy atom. The molecule has 0 aromatic heterocycles. The molecular weight excluding hydrogens is 229 g/mol. The molecule has 2 unspecified atom stereocenters. The SMILES string of the molecule is CCCNC(c1ccc(F)cc1)C(OC)C(C)C. The number of methoxy groups -OCH3 is 1. The number of hydrogen-bond donors (Lipinski definition) is 1. The highest BCUT2D eigenvalue weighted by molar-refractivity contribution is 5.21. The molecule has 0 aliphatic rings. The summed E-state index contributed by atoms with van der Waals surface area (Å²) in [5, 5.41) is 3.49. The predicted octanol–water partition coefficient (Wildman–Crippen LogP) is 3.54. The van der Waals surface area contributed by atoms with E-state index in [9.17, 15) is 4.39 Å². The molecule has 0 aliphatic heterocycles. The van der Waals surface area contributed by atoms with Crippen LogP contribution in [-0.2, 0) is 4.74 Å². The molecule has 1 N–H and O–H groups in total. The Balaban J connectivity index is 2.92. The van der Waals surface area contributed by atoms with Crippen LogP contribution in [0, 0.1) is 11.7 Å². The number of benzene rings is 1. The van der Waals surface area contributed by atoms with Crippen molar-refractivity contribution in [3.05, 3.63) is 35.6 Å². The first-order valence-corrected chi connectivity index (χ1v) is 6.61. The standard InChI is InChI=1S/C15H24FNO/c1-5-10-17-14(15(18-4)11(2)3)12-6-8-13(16)9-7-12/h6-9,11,14-15,17H,5,10H2,1-4H3. The second-order valence-electron chi connectivity index (χ2n) is 4.93. The van der Waals surface area contributed by atoms with Crippen molar-refractivity contribution >= 4 is 0 Å². The number of halogens is 1. The van der Waals surface area contributed by atoms with Gasteiger partial charge in [-0.05, 0) is 36.6 Å². The van der Waals surface area contributed by atoms with Gasteiger partial charge in [0.1, 0.15) is 5.82 Å². The quantitative estimate of drug-likeness (QED) is 0.802. The number of ether oxygens (including phenoxy) is 1. The molecule has 2 nitrogen and oxygen atoms in total. The molecule has 0 heterocycles. The monoisotopic (exact) mass is 253 g/mol. The van der Waals surface area contributed by atoms with Crippen LogP contribution in [0.25, 0.3) is 0 Å². The van der Waals surface area contributed by atoms with Gasteiger partial charge in [0.05, 0.1) is 12.1 Å². The van der Waals surface area contributed by atoms with Gasteiger partial charge in [0.15, 0.2) is 0 Å². The summed E-state index contributed by atoms with van der Waals surface area (Å²) in [5.74, 6) is 0.195. The molecular formula is C15H24FNO. The molecule has 0 spiro atoms. The van der Waals surface area contributed by atoms with E-state index < -0.39 is 0 Å². The maximum atomic E-state index is 13.0. The number of hydrogen-bond acceptors (Lipinski definition) is 2. The minimum absolute atomic E-state index is 0.0852. The van der Waals surface area contributed by atoms with E-state index in [0.717, 1.165) is 18.5 Å². The molecule has 0 bridgehead atoms. The van der Waals surface area contributed by atoms with Crippen LogP contribution in [0.5, 0.6) is 0 Å². The highest BCUT2D eigenvalue weighted by atomic mass is 19.1. The van der Waals surface area contributed by atoms with Crippen LogP contribution in [0.4, 0.5) is 4.39 Å². The van der Waals surface area contributed by atoms with Crippen molar-refractivity contribution in [3.63, 3.8) is 0 Å². The van der Waals surface area contributed by atoms with E-state index in [4.69, 9.17) is 4.74 Å². The summed E-state index contributed by atoms with van der Waals surface area (Å²) < 4.78 is 18.6. The van der Waals surface area contributed by atoms with Gasteiger partial charge in [-0.2, -0.15) is 0 Å². The summed E-state index contributed by atoms with van der Waals surface area (Å²) in [4.78, 5) is 0. The molecule has 0 saturated carbocycles. The van der Waals surface area contributed by atoms with Crippen LogP contribution >= 0.6 is 0 Å². The zero-order valence-corrected chi connectivity index (χ0v) is 11.7. The minimum atomic E-state index is -0.202. The van der Waals surface area contributed by atoms with Crippen molar-refractivity contribution in [2.45, 2.75) is 39.3 Å². The Morgan fingerprint density at radius 3 is 2.28 bits per heavy atom. The largest absolute Gasteiger partial charge is 0.379 e. The van der Waals surface area contributed by atoms with E-state index in [1.165, 1.54) is 12.1 Å². The van der Waals surface area contributed by atoms with Gasteiger partial charge in [-0.1, -0.05) is 32.9 Å². The second kappa shape index (κ2) is 7.49. The Hall–Kier alpha value is -0.930. The normalized spacial score (nSPS) is 14.8. The summed E-state index contributed by atoms with van der Waals surface area (Å²) >= 11 is 0. The van der Waals surface area contributed by atoms with Crippen LogP contribution in [0.15, 0.2) is 24.3 Å². The highest BCUT2D eigenvalue weighted by Gasteiger charge is 2.25. The van der Waals surface area contributed by atoms with Crippen molar-refractivity contribution in [3.8, 4) is 0 Å². The minimum Gasteiger partial charge on any atom is -0.379 e. The molecule has 0 radical (unpaired) electrons. The summed E-state index contributed by atoms with van der Waals surface area (Å²) in [6.07, 6.45) is 1.15. The Bertz CT molecular complexity index is 337. The fourth-order valence-electron chi connectivity index (χ4n) is 2.19. The van der Waals surface area contributed by atoms with Gasteiger partial charge >= 0.3 is 0 Å². The molecule has 0 saturated heterocycles. The third-order valence-corrected chi connectivity index (χ3v) is 3.10. The summed E-state index contributed by atoms with van der Waals surface area (Å²) in [6, 6.07) is 6.77. The maximum absolute atomic E-state index is 13.0. The molecule has 1 rings (SSSR count). The van der Waals surface area contributed by atoms with Gasteiger partial charge in [0.2, 0.25) is 0 Å². The highest BCUT2D eigenvalue weighted by Crippen LogP contribution is 2.24. The van der Waals surface area contributed by atoms with E-state index in [0.29, 0.717) is 5.92 Å². The molecule has 0 fully saturated rings. The topological polar surface area (TPSA) is 21.3 Å². The second-order valence-corrected chi connectivity index (χ2v) is 4.93. The lowest BCUT2D eigenvalue weighted by Crippen LogP contribution is -2.37. The van der Waals surface area contributed by atoms with Crippen LogP contribution in [0.1, 0.15) is 38.8 Å². The van der Waals surface area contributed by atoms with E-state index in [2.05, 4.69) is 26.1 Å².